The van der Waals surface area contributed by atoms with E-state index in [9.17, 15) is 4.79 Å². The minimum Gasteiger partial charge on any atom is -0.497 e. The minimum atomic E-state index is -0.0202. The molecule has 0 atom stereocenters. The van der Waals surface area contributed by atoms with Crippen LogP contribution in [0.3, 0.4) is 0 Å². The Morgan fingerprint density at radius 1 is 1.03 bits per heavy atom. The van der Waals surface area contributed by atoms with Gasteiger partial charge in [0.15, 0.2) is 6.61 Å². The normalized spacial score (nSPS) is 14.3. The number of rotatable bonds is 5. The molecule has 9 heteroatoms. The van der Waals surface area contributed by atoms with Crippen molar-refractivity contribution in [2.45, 2.75) is 13.8 Å². The van der Waals surface area contributed by atoms with Crippen LogP contribution in [0.15, 0.2) is 30.3 Å². The Hall–Kier alpha value is -3.36. The molecule has 0 radical (unpaired) electrons. The highest BCUT2D eigenvalue weighted by Crippen LogP contribution is 2.19. The van der Waals surface area contributed by atoms with Crippen molar-refractivity contribution in [1.29, 1.82) is 0 Å². The van der Waals surface area contributed by atoms with Gasteiger partial charge in [0.2, 0.25) is 0 Å². The molecule has 152 valence electrons. The molecule has 1 amide bonds. The molecular weight excluding hydrogens is 372 g/mol. The molecule has 1 saturated heterocycles. The summed E-state index contributed by atoms with van der Waals surface area (Å²) < 4.78 is 12.7. The zero-order valence-corrected chi connectivity index (χ0v) is 16.8. The Morgan fingerprint density at radius 2 is 1.72 bits per heavy atom. The molecule has 2 aromatic heterocycles. The van der Waals surface area contributed by atoms with Crippen LogP contribution >= 0.6 is 0 Å². The van der Waals surface area contributed by atoms with Crippen LogP contribution in [0.25, 0.3) is 5.78 Å². The van der Waals surface area contributed by atoms with Gasteiger partial charge in [-0.05, 0) is 38.1 Å². The van der Waals surface area contributed by atoms with Crippen LogP contribution in [-0.4, -0.2) is 70.3 Å². The van der Waals surface area contributed by atoms with E-state index in [1.54, 1.807) is 31.4 Å². The van der Waals surface area contributed by atoms with Crippen LogP contribution < -0.4 is 14.4 Å². The zero-order chi connectivity index (χ0) is 20.4. The standard InChI is InChI=1S/C20H24N6O3/c1-14-12-18(21-20-23-22-15(2)26(14)20)24-8-10-25(11-9-24)19(27)13-29-17-6-4-16(28-3)5-7-17/h4-7,12H,8-11,13H2,1-3H3. The van der Waals surface area contributed by atoms with E-state index < -0.39 is 0 Å². The molecular formula is C20H24N6O3. The van der Waals surface area contributed by atoms with Gasteiger partial charge in [0.25, 0.3) is 11.7 Å². The molecule has 0 unspecified atom stereocenters. The maximum absolute atomic E-state index is 12.5. The maximum Gasteiger partial charge on any atom is 0.260 e. The monoisotopic (exact) mass is 396 g/mol. The number of fused-ring (bicyclic) bond motifs is 1. The number of aryl methyl sites for hydroxylation is 2. The number of benzene rings is 1. The number of nitrogens with zero attached hydrogens (tertiary/aromatic N) is 6. The quantitative estimate of drug-likeness (QED) is 0.646. The first-order valence-electron chi connectivity index (χ1n) is 9.54. The third-order valence-corrected chi connectivity index (χ3v) is 5.09. The molecule has 1 aliphatic rings. The molecule has 0 spiro atoms. The third-order valence-electron chi connectivity index (χ3n) is 5.09. The van der Waals surface area contributed by atoms with Gasteiger partial charge < -0.3 is 19.3 Å². The highest BCUT2D eigenvalue weighted by atomic mass is 16.5. The number of carbonyl (C=O) groups excluding carboxylic acids is 1. The number of amides is 1. The van der Waals surface area contributed by atoms with Crippen molar-refractivity contribution >= 4 is 17.5 Å². The van der Waals surface area contributed by atoms with Crippen LogP contribution in [0, 0.1) is 13.8 Å². The zero-order valence-electron chi connectivity index (χ0n) is 16.8. The number of ether oxygens (including phenoxy) is 2. The van der Waals surface area contributed by atoms with Crippen molar-refractivity contribution < 1.29 is 14.3 Å². The van der Waals surface area contributed by atoms with Crippen LogP contribution in [0.2, 0.25) is 0 Å². The number of aromatic nitrogens is 4. The summed E-state index contributed by atoms with van der Waals surface area (Å²) in [5, 5.41) is 8.22. The molecule has 1 fully saturated rings. The van der Waals surface area contributed by atoms with Crippen molar-refractivity contribution in [2.24, 2.45) is 0 Å². The Bertz CT molecular complexity index is 1010. The second-order valence-electron chi connectivity index (χ2n) is 6.97. The number of carbonyl (C=O) groups is 1. The topological polar surface area (TPSA) is 85.1 Å². The Morgan fingerprint density at radius 3 is 2.41 bits per heavy atom. The molecule has 29 heavy (non-hydrogen) atoms. The molecule has 1 aliphatic heterocycles. The SMILES string of the molecule is COc1ccc(OCC(=O)N2CCN(c3cc(C)n4c(C)nnc4n3)CC2)cc1. The minimum absolute atomic E-state index is 0.0202. The summed E-state index contributed by atoms with van der Waals surface area (Å²) in [6.45, 7) is 6.63. The summed E-state index contributed by atoms with van der Waals surface area (Å²) in [5.74, 6) is 3.67. The lowest BCUT2D eigenvalue weighted by atomic mass is 10.3. The Labute approximate surface area is 168 Å². The lowest BCUT2D eigenvalue weighted by Gasteiger charge is -2.35. The summed E-state index contributed by atoms with van der Waals surface area (Å²) in [5.41, 5.74) is 1.04. The van der Waals surface area contributed by atoms with Crippen LogP contribution in [-0.2, 0) is 4.79 Å². The first kappa shape index (κ1) is 19.0. The Kier molecular flexibility index (Phi) is 5.20. The van der Waals surface area contributed by atoms with Gasteiger partial charge in [0.05, 0.1) is 7.11 Å². The molecule has 1 aromatic carbocycles. The van der Waals surface area contributed by atoms with Crippen LogP contribution in [0.4, 0.5) is 5.82 Å². The second kappa shape index (κ2) is 7.94. The largest absolute Gasteiger partial charge is 0.497 e. The van der Waals surface area contributed by atoms with Gasteiger partial charge in [-0.25, -0.2) is 0 Å². The average molecular weight is 396 g/mol. The summed E-state index contributed by atoms with van der Waals surface area (Å²) >= 11 is 0. The fraction of sp³-hybridized carbons (Fsp3) is 0.400. The van der Waals surface area contributed by atoms with Gasteiger partial charge in [-0.15, -0.1) is 10.2 Å². The lowest BCUT2D eigenvalue weighted by molar-refractivity contribution is -0.133. The van der Waals surface area contributed by atoms with Crippen molar-refractivity contribution in [3.05, 3.63) is 41.9 Å². The molecule has 0 bridgehead atoms. The fourth-order valence-corrected chi connectivity index (χ4v) is 3.48. The first-order chi connectivity index (χ1) is 14.0. The number of piperazine rings is 1. The highest BCUT2D eigenvalue weighted by Gasteiger charge is 2.23. The third kappa shape index (κ3) is 3.94. The molecule has 0 aliphatic carbocycles. The van der Waals surface area contributed by atoms with Crippen molar-refractivity contribution in [1.82, 2.24) is 24.5 Å². The number of hydrogen-bond acceptors (Lipinski definition) is 7. The van der Waals surface area contributed by atoms with E-state index in [-0.39, 0.29) is 12.5 Å². The number of hydrogen-bond donors (Lipinski definition) is 0. The first-order valence-corrected chi connectivity index (χ1v) is 9.54. The van der Waals surface area contributed by atoms with E-state index in [0.717, 1.165) is 23.1 Å². The highest BCUT2D eigenvalue weighted by molar-refractivity contribution is 5.78. The summed E-state index contributed by atoms with van der Waals surface area (Å²) in [6.07, 6.45) is 0. The van der Waals surface area contributed by atoms with Gasteiger partial charge in [-0.1, -0.05) is 0 Å². The van der Waals surface area contributed by atoms with E-state index in [1.165, 1.54) is 0 Å². The maximum atomic E-state index is 12.5. The number of methoxy groups -OCH3 is 1. The van der Waals surface area contributed by atoms with E-state index >= 15 is 0 Å². The van der Waals surface area contributed by atoms with Crippen molar-refractivity contribution in [3.8, 4) is 11.5 Å². The van der Waals surface area contributed by atoms with E-state index in [0.29, 0.717) is 37.7 Å². The van der Waals surface area contributed by atoms with Gasteiger partial charge >= 0.3 is 0 Å². The molecule has 3 aromatic rings. The van der Waals surface area contributed by atoms with Crippen LogP contribution in [0.1, 0.15) is 11.5 Å². The van der Waals surface area contributed by atoms with Crippen molar-refractivity contribution in [3.63, 3.8) is 0 Å². The molecule has 4 rings (SSSR count). The second-order valence-corrected chi connectivity index (χ2v) is 6.97. The van der Waals surface area contributed by atoms with Gasteiger partial charge in [-0.2, -0.15) is 4.98 Å². The fourth-order valence-electron chi connectivity index (χ4n) is 3.48. The molecule has 3 heterocycles. The predicted octanol–water partition coefficient (Wildman–Crippen LogP) is 1.48. The predicted molar refractivity (Wildman–Crippen MR) is 108 cm³/mol. The van der Waals surface area contributed by atoms with Crippen molar-refractivity contribution in [2.75, 3.05) is 44.8 Å². The number of anilines is 1. The summed E-state index contributed by atoms with van der Waals surface area (Å²) in [7, 11) is 1.61. The van der Waals surface area contributed by atoms with Crippen LogP contribution in [0.5, 0.6) is 11.5 Å². The average Bonchev–Trinajstić information content (AvgIpc) is 3.13. The Balaban J connectivity index is 1.33. The van der Waals surface area contributed by atoms with Gasteiger partial charge in [0, 0.05) is 37.9 Å². The van der Waals surface area contributed by atoms with E-state index in [2.05, 4.69) is 20.1 Å². The van der Waals surface area contributed by atoms with Gasteiger partial charge in [0.1, 0.15) is 23.1 Å². The summed E-state index contributed by atoms with van der Waals surface area (Å²) in [4.78, 5) is 21.1. The molecule has 0 saturated carbocycles. The molecule has 0 N–H and O–H groups in total. The smallest absolute Gasteiger partial charge is 0.260 e. The van der Waals surface area contributed by atoms with Gasteiger partial charge in [-0.3, -0.25) is 9.20 Å². The lowest BCUT2D eigenvalue weighted by Crippen LogP contribution is -2.50. The van der Waals surface area contributed by atoms with E-state index in [4.69, 9.17) is 9.47 Å². The van der Waals surface area contributed by atoms with E-state index in [1.807, 2.05) is 29.2 Å². The summed E-state index contributed by atoms with van der Waals surface area (Å²) in [6, 6.07) is 9.23. The molecule has 9 nitrogen and oxygen atoms in total.